The lowest BCUT2D eigenvalue weighted by Gasteiger charge is -2.40. The molecule has 2 unspecified atom stereocenters. The van der Waals surface area contributed by atoms with Gasteiger partial charge in [0.25, 0.3) is 0 Å². The first-order valence-corrected chi connectivity index (χ1v) is 13.8. The van der Waals surface area contributed by atoms with Crippen LogP contribution in [-0.2, 0) is 4.79 Å². The molecule has 1 aliphatic rings. The summed E-state index contributed by atoms with van der Waals surface area (Å²) in [4.78, 5) is 32.0. The molecule has 2 atom stereocenters. The number of tetrazole rings is 1. The van der Waals surface area contributed by atoms with Crippen molar-refractivity contribution >= 4 is 11.9 Å². The Morgan fingerprint density at radius 2 is 1.79 bits per heavy atom. The molecule has 1 aromatic heterocycles. The first-order valence-electron chi connectivity index (χ1n) is 13.8. The molecule has 1 fully saturated rings. The number of nitrogens with one attached hydrogen (secondary N) is 2. The number of benzene rings is 2. The molecule has 0 radical (unpaired) electrons. The van der Waals surface area contributed by atoms with Crippen LogP contribution in [-0.4, -0.2) is 87.2 Å². The van der Waals surface area contributed by atoms with Crippen molar-refractivity contribution in [3.05, 3.63) is 54.1 Å². The minimum atomic E-state index is -0.161. The molecular formula is C29H40N8O2. The summed E-state index contributed by atoms with van der Waals surface area (Å²) in [5, 5.41) is 18.0. The van der Waals surface area contributed by atoms with Crippen LogP contribution >= 0.6 is 0 Å². The van der Waals surface area contributed by atoms with Crippen molar-refractivity contribution < 1.29 is 9.59 Å². The Bertz CT molecular complexity index is 1210. The standard InChI is InChI=1S/C29H40N8O2/c1-5-6-19-36(29(39)37(20-27(38)35(3)4)26-13-9-10-18-30-26)21(2)22-14-16-23(17-15-22)24-11-7-8-12-25(24)28-31-33-34-32-28/h7-8,11-12,14-17,21,26,30H,5-6,9-10,13,18-20H2,1-4H3,(H,31,32,33,34). The number of carbonyl (C=O) groups is 2. The average Bonchev–Trinajstić information content (AvgIpc) is 3.51. The lowest BCUT2D eigenvalue weighted by molar-refractivity contribution is -0.130. The zero-order valence-corrected chi connectivity index (χ0v) is 23.4. The minimum Gasteiger partial charge on any atom is -0.347 e. The molecule has 2 N–H and O–H groups in total. The summed E-state index contributed by atoms with van der Waals surface area (Å²) >= 11 is 0. The lowest BCUT2D eigenvalue weighted by atomic mass is 9.96. The van der Waals surface area contributed by atoms with Crippen molar-refractivity contribution in [3.8, 4) is 22.5 Å². The molecule has 2 heterocycles. The van der Waals surface area contributed by atoms with E-state index in [9.17, 15) is 9.59 Å². The molecule has 3 amide bonds. The maximum absolute atomic E-state index is 14.1. The van der Waals surface area contributed by atoms with Gasteiger partial charge in [-0.2, -0.15) is 5.21 Å². The monoisotopic (exact) mass is 532 g/mol. The smallest absolute Gasteiger partial charge is 0.322 e. The van der Waals surface area contributed by atoms with E-state index in [-0.39, 0.29) is 30.7 Å². The first kappa shape index (κ1) is 28.2. The van der Waals surface area contributed by atoms with Crippen molar-refractivity contribution in [2.75, 3.05) is 33.7 Å². The maximum atomic E-state index is 14.1. The zero-order chi connectivity index (χ0) is 27.8. The van der Waals surface area contributed by atoms with E-state index in [1.54, 1.807) is 23.9 Å². The van der Waals surface area contributed by atoms with Gasteiger partial charge in [0.05, 0.1) is 12.2 Å². The summed E-state index contributed by atoms with van der Waals surface area (Å²) < 4.78 is 0. The van der Waals surface area contributed by atoms with E-state index in [0.29, 0.717) is 12.4 Å². The van der Waals surface area contributed by atoms with Crippen molar-refractivity contribution in [1.29, 1.82) is 0 Å². The van der Waals surface area contributed by atoms with Gasteiger partial charge in [0, 0.05) is 26.2 Å². The Morgan fingerprint density at radius 3 is 2.41 bits per heavy atom. The third-order valence-corrected chi connectivity index (χ3v) is 7.39. The number of carbonyl (C=O) groups excluding carboxylic acids is 2. The summed E-state index contributed by atoms with van der Waals surface area (Å²) in [5.41, 5.74) is 3.97. The SMILES string of the molecule is CCCCN(C(=O)N(CC(=O)N(C)C)C1CCCCN1)C(C)c1ccc(-c2ccccc2-c2nn[nH]n2)cc1. The van der Waals surface area contributed by atoms with Gasteiger partial charge in [-0.15, -0.1) is 10.2 Å². The summed E-state index contributed by atoms with van der Waals surface area (Å²) in [6, 6.07) is 16.0. The molecule has 1 saturated heterocycles. The molecule has 0 aliphatic carbocycles. The summed E-state index contributed by atoms with van der Waals surface area (Å²) in [5.74, 6) is 0.464. The van der Waals surface area contributed by atoms with Crippen LogP contribution in [0.15, 0.2) is 48.5 Å². The highest BCUT2D eigenvalue weighted by molar-refractivity contribution is 5.84. The Kier molecular flexibility index (Phi) is 9.64. The quantitative estimate of drug-likeness (QED) is 0.403. The van der Waals surface area contributed by atoms with Gasteiger partial charge in [-0.3, -0.25) is 15.0 Å². The second-order valence-corrected chi connectivity index (χ2v) is 10.3. The van der Waals surface area contributed by atoms with Gasteiger partial charge in [0.15, 0.2) is 0 Å². The van der Waals surface area contributed by atoms with Crippen LogP contribution in [0.1, 0.15) is 57.6 Å². The molecule has 4 rings (SSSR count). The number of urea groups is 1. The third kappa shape index (κ3) is 6.81. The van der Waals surface area contributed by atoms with E-state index in [2.05, 4.69) is 64.1 Å². The minimum absolute atomic E-state index is 0.0602. The number of aromatic nitrogens is 4. The van der Waals surface area contributed by atoms with Gasteiger partial charge >= 0.3 is 6.03 Å². The van der Waals surface area contributed by atoms with Crippen LogP contribution in [0.2, 0.25) is 0 Å². The highest BCUT2D eigenvalue weighted by Crippen LogP contribution is 2.32. The Balaban J connectivity index is 1.60. The Hall–Kier alpha value is -3.79. The topological polar surface area (TPSA) is 110 Å². The van der Waals surface area contributed by atoms with E-state index in [1.165, 1.54) is 0 Å². The van der Waals surface area contributed by atoms with Gasteiger partial charge < -0.3 is 9.80 Å². The molecule has 10 heteroatoms. The fourth-order valence-corrected chi connectivity index (χ4v) is 4.97. The first-order chi connectivity index (χ1) is 18.9. The van der Waals surface area contributed by atoms with Gasteiger partial charge in [-0.25, -0.2) is 4.79 Å². The highest BCUT2D eigenvalue weighted by atomic mass is 16.2. The number of hydrogen-bond acceptors (Lipinski definition) is 6. The van der Waals surface area contributed by atoms with Crippen LogP contribution in [0.3, 0.4) is 0 Å². The molecule has 10 nitrogen and oxygen atoms in total. The number of likely N-dealkylation sites (N-methyl/N-ethyl adjacent to an activating group) is 1. The maximum Gasteiger partial charge on any atom is 0.322 e. The molecule has 0 spiro atoms. The number of hydrogen-bond donors (Lipinski definition) is 2. The van der Waals surface area contributed by atoms with Crippen molar-refractivity contribution in [2.24, 2.45) is 0 Å². The average molecular weight is 533 g/mol. The van der Waals surface area contributed by atoms with E-state index < -0.39 is 0 Å². The molecular weight excluding hydrogens is 492 g/mol. The van der Waals surface area contributed by atoms with Gasteiger partial charge in [-0.1, -0.05) is 61.9 Å². The summed E-state index contributed by atoms with van der Waals surface area (Å²) in [7, 11) is 3.46. The Morgan fingerprint density at radius 1 is 1.05 bits per heavy atom. The van der Waals surface area contributed by atoms with Crippen LogP contribution < -0.4 is 5.32 Å². The summed E-state index contributed by atoms with van der Waals surface area (Å²) in [6.07, 6.45) is 4.68. The number of rotatable bonds is 10. The number of unbranched alkanes of at least 4 members (excludes halogenated alkanes) is 1. The zero-order valence-electron chi connectivity index (χ0n) is 23.4. The predicted octanol–water partition coefficient (Wildman–Crippen LogP) is 4.31. The Labute approximate surface area is 230 Å². The van der Waals surface area contributed by atoms with E-state index >= 15 is 0 Å². The molecule has 39 heavy (non-hydrogen) atoms. The van der Waals surface area contributed by atoms with Gasteiger partial charge in [0.2, 0.25) is 11.7 Å². The highest BCUT2D eigenvalue weighted by Gasteiger charge is 2.33. The molecule has 0 bridgehead atoms. The number of H-pyrrole nitrogens is 1. The number of amides is 3. The molecule has 2 aromatic carbocycles. The van der Waals surface area contributed by atoms with Gasteiger partial charge in [0.1, 0.15) is 6.54 Å². The number of nitrogens with zero attached hydrogens (tertiary/aromatic N) is 6. The predicted molar refractivity (Wildman–Crippen MR) is 152 cm³/mol. The van der Waals surface area contributed by atoms with Crippen LogP contribution in [0, 0.1) is 0 Å². The van der Waals surface area contributed by atoms with Gasteiger partial charge in [-0.05, 0) is 61.1 Å². The second kappa shape index (κ2) is 13.3. The number of aromatic amines is 1. The molecule has 1 aliphatic heterocycles. The lowest BCUT2D eigenvalue weighted by Crippen LogP contribution is -2.57. The van der Waals surface area contributed by atoms with E-state index in [1.807, 2.05) is 29.2 Å². The second-order valence-electron chi connectivity index (χ2n) is 10.3. The van der Waals surface area contributed by atoms with Crippen LogP contribution in [0.4, 0.5) is 4.79 Å². The third-order valence-electron chi connectivity index (χ3n) is 7.39. The van der Waals surface area contributed by atoms with Crippen molar-refractivity contribution in [3.63, 3.8) is 0 Å². The normalized spacial score (nSPS) is 15.9. The van der Waals surface area contributed by atoms with Crippen molar-refractivity contribution in [1.82, 2.24) is 40.6 Å². The van der Waals surface area contributed by atoms with Crippen molar-refractivity contribution in [2.45, 2.75) is 58.2 Å². The van der Waals surface area contributed by atoms with Crippen LogP contribution in [0.25, 0.3) is 22.5 Å². The number of piperidine rings is 1. The van der Waals surface area contributed by atoms with Crippen LogP contribution in [0.5, 0.6) is 0 Å². The largest absolute Gasteiger partial charge is 0.347 e. The molecule has 0 saturated carbocycles. The van der Waals surface area contributed by atoms with E-state index in [4.69, 9.17) is 0 Å². The fourth-order valence-electron chi connectivity index (χ4n) is 4.97. The molecule has 3 aromatic rings. The van der Waals surface area contributed by atoms with E-state index in [0.717, 1.165) is 60.9 Å². The fraction of sp³-hybridized carbons (Fsp3) is 0.483. The summed E-state index contributed by atoms with van der Waals surface area (Å²) in [6.45, 7) is 5.72. The molecule has 208 valence electrons.